The quantitative estimate of drug-likeness (QED) is 0.425. The molecule has 2 aromatic rings. The number of methoxy groups -OCH3 is 1. The summed E-state index contributed by atoms with van der Waals surface area (Å²) in [4.78, 5) is 34.4. The predicted molar refractivity (Wildman–Crippen MR) is 112 cm³/mol. The Labute approximate surface area is 185 Å². The standard InChI is InChI=1S/C19H18BrNO9S/c1-21(31(28,29)13-5-3-12(30-2)4-6-13)16-10(8-15(18(24)25)19(26)27)7-11(20)9-14(16)17(22)23/h3-7,9,15H,8H2,1-2H3,(H,22,23)(H,24,25)(H,26,27). The van der Waals surface area contributed by atoms with Gasteiger partial charge in [-0.2, -0.15) is 0 Å². The summed E-state index contributed by atoms with van der Waals surface area (Å²) in [6.07, 6.45) is -0.637. The fraction of sp³-hybridized carbons (Fsp3) is 0.211. The van der Waals surface area contributed by atoms with Gasteiger partial charge in [-0.3, -0.25) is 13.9 Å². The molecule has 0 radical (unpaired) electrons. The molecule has 0 aliphatic carbocycles. The third kappa shape index (κ3) is 5.14. The van der Waals surface area contributed by atoms with Crippen LogP contribution < -0.4 is 9.04 Å². The van der Waals surface area contributed by atoms with E-state index in [0.717, 1.165) is 13.1 Å². The molecule has 31 heavy (non-hydrogen) atoms. The Morgan fingerprint density at radius 2 is 1.61 bits per heavy atom. The lowest BCUT2D eigenvalue weighted by Gasteiger charge is -2.25. The van der Waals surface area contributed by atoms with Crippen molar-refractivity contribution in [3.8, 4) is 5.75 Å². The molecular weight excluding hydrogens is 498 g/mol. The molecule has 166 valence electrons. The van der Waals surface area contributed by atoms with E-state index in [1.807, 2.05) is 0 Å². The van der Waals surface area contributed by atoms with Crippen molar-refractivity contribution in [3.05, 3.63) is 52.0 Å². The van der Waals surface area contributed by atoms with Gasteiger partial charge in [-0.1, -0.05) is 15.9 Å². The number of anilines is 1. The molecule has 2 rings (SSSR count). The topological polar surface area (TPSA) is 159 Å². The second-order valence-electron chi connectivity index (χ2n) is 6.35. The molecule has 0 unspecified atom stereocenters. The first-order chi connectivity index (χ1) is 14.4. The number of ether oxygens (including phenoxy) is 1. The van der Waals surface area contributed by atoms with Gasteiger partial charge in [0, 0.05) is 11.5 Å². The van der Waals surface area contributed by atoms with Crippen molar-refractivity contribution in [2.24, 2.45) is 5.92 Å². The summed E-state index contributed by atoms with van der Waals surface area (Å²) >= 11 is 3.10. The highest BCUT2D eigenvalue weighted by Crippen LogP contribution is 2.34. The number of aromatic carboxylic acids is 1. The van der Waals surface area contributed by atoms with Crippen LogP contribution in [-0.2, 0) is 26.0 Å². The number of carboxylic acids is 3. The largest absolute Gasteiger partial charge is 0.497 e. The number of benzene rings is 2. The molecule has 0 aliphatic heterocycles. The molecule has 3 N–H and O–H groups in total. The second kappa shape index (κ2) is 9.35. The van der Waals surface area contributed by atoms with Crippen molar-refractivity contribution in [3.63, 3.8) is 0 Å². The Balaban J connectivity index is 2.70. The highest BCUT2D eigenvalue weighted by Gasteiger charge is 2.32. The molecule has 0 saturated carbocycles. The molecule has 0 amide bonds. The van der Waals surface area contributed by atoms with Crippen molar-refractivity contribution in [2.75, 3.05) is 18.5 Å². The Bertz CT molecular complexity index is 1120. The highest BCUT2D eigenvalue weighted by molar-refractivity contribution is 9.10. The van der Waals surface area contributed by atoms with Gasteiger partial charge < -0.3 is 20.1 Å². The van der Waals surface area contributed by atoms with E-state index in [-0.39, 0.29) is 20.6 Å². The Kier molecular flexibility index (Phi) is 7.28. The molecule has 0 spiro atoms. The van der Waals surface area contributed by atoms with Crippen molar-refractivity contribution in [1.82, 2.24) is 0 Å². The third-order valence-electron chi connectivity index (χ3n) is 4.44. The van der Waals surface area contributed by atoms with Crippen molar-refractivity contribution in [1.29, 1.82) is 0 Å². The van der Waals surface area contributed by atoms with Crippen LogP contribution in [0.2, 0.25) is 0 Å². The number of hydrogen-bond acceptors (Lipinski definition) is 6. The molecule has 12 heteroatoms. The molecule has 0 atom stereocenters. The maximum Gasteiger partial charge on any atom is 0.337 e. The van der Waals surface area contributed by atoms with Crippen LogP contribution in [0.1, 0.15) is 15.9 Å². The lowest BCUT2D eigenvalue weighted by molar-refractivity contribution is -0.154. The zero-order valence-corrected chi connectivity index (χ0v) is 18.7. The highest BCUT2D eigenvalue weighted by atomic mass is 79.9. The lowest BCUT2D eigenvalue weighted by Crippen LogP contribution is -2.31. The van der Waals surface area contributed by atoms with E-state index >= 15 is 0 Å². The maximum atomic E-state index is 13.1. The molecule has 2 aromatic carbocycles. The SMILES string of the molecule is COc1ccc(S(=O)(=O)N(C)c2c(CC(C(=O)O)C(=O)O)cc(Br)cc2C(=O)O)cc1. The van der Waals surface area contributed by atoms with Crippen LogP contribution in [0.4, 0.5) is 5.69 Å². The van der Waals surface area contributed by atoms with E-state index in [1.165, 1.54) is 37.4 Å². The summed E-state index contributed by atoms with van der Waals surface area (Å²) in [6, 6.07) is 7.79. The van der Waals surface area contributed by atoms with Crippen LogP contribution in [0.25, 0.3) is 0 Å². The first-order valence-corrected chi connectivity index (χ1v) is 10.8. The zero-order valence-electron chi connectivity index (χ0n) is 16.3. The molecule has 0 heterocycles. The van der Waals surface area contributed by atoms with Gasteiger partial charge in [-0.15, -0.1) is 0 Å². The monoisotopic (exact) mass is 515 g/mol. The number of carbonyl (C=O) groups is 3. The van der Waals surface area contributed by atoms with Gasteiger partial charge in [0.15, 0.2) is 5.92 Å². The number of hydrogen-bond donors (Lipinski definition) is 3. The lowest BCUT2D eigenvalue weighted by atomic mass is 9.96. The van der Waals surface area contributed by atoms with Crippen molar-refractivity contribution in [2.45, 2.75) is 11.3 Å². The molecule has 0 saturated heterocycles. The minimum Gasteiger partial charge on any atom is -0.497 e. The van der Waals surface area contributed by atoms with Gasteiger partial charge in [-0.05, 0) is 48.4 Å². The van der Waals surface area contributed by atoms with Gasteiger partial charge in [-0.25, -0.2) is 13.2 Å². The van der Waals surface area contributed by atoms with Crippen LogP contribution in [0.3, 0.4) is 0 Å². The number of carboxylic acid groups (broad SMARTS) is 3. The van der Waals surface area contributed by atoms with Crippen LogP contribution in [0.5, 0.6) is 5.75 Å². The van der Waals surface area contributed by atoms with Crippen LogP contribution >= 0.6 is 15.9 Å². The van der Waals surface area contributed by atoms with Crippen LogP contribution in [0, 0.1) is 5.92 Å². The predicted octanol–water partition coefficient (Wildman–Crippen LogP) is 2.31. The van der Waals surface area contributed by atoms with Gasteiger partial charge in [0.25, 0.3) is 10.0 Å². The van der Waals surface area contributed by atoms with Gasteiger partial charge in [0.2, 0.25) is 0 Å². The number of aliphatic carboxylic acids is 2. The number of halogens is 1. The summed E-state index contributed by atoms with van der Waals surface area (Å²) in [7, 11) is -1.77. The summed E-state index contributed by atoms with van der Waals surface area (Å²) in [6.45, 7) is 0. The number of rotatable bonds is 9. The summed E-state index contributed by atoms with van der Waals surface area (Å²) < 4.78 is 32.2. The van der Waals surface area contributed by atoms with Crippen molar-refractivity contribution >= 4 is 49.5 Å². The number of nitrogens with zero attached hydrogens (tertiary/aromatic N) is 1. The average Bonchev–Trinajstić information content (AvgIpc) is 2.70. The van der Waals surface area contributed by atoms with Crippen molar-refractivity contribution < 1.29 is 42.9 Å². The third-order valence-corrected chi connectivity index (χ3v) is 6.67. The summed E-state index contributed by atoms with van der Waals surface area (Å²) in [5.74, 6) is -6.27. The molecular formula is C19H18BrNO9S. The normalized spacial score (nSPS) is 11.2. The zero-order chi connectivity index (χ0) is 23.5. The summed E-state index contributed by atoms with van der Waals surface area (Å²) in [5.41, 5.74) is -0.862. The van der Waals surface area contributed by atoms with Gasteiger partial charge in [0.1, 0.15) is 5.75 Å². The molecule has 0 aliphatic rings. The fourth-order valence-corrected chi connectivity index (χ4v) is 4.63. The Morgan fingerprint density at radius 3 is 2.06 bits per heavy atom. The van der Waals surface area contributed by atoms with Gasteiger partial charge >= 0.3 is 17.9 Å². The average molecular weight is 516 g/mol. The first kappa shape index (κ1) is 24.2. The molecule has 10 nitrogen and oxygen atoms in total. The Hall–Kier alpha value is -3.12. The van der Waals surface area contributed by atoms with Gasteiger partial charge in [0.05, 0.1) is 23.3 Å². The van der Waals surface area contributed by atoms with E-state index in [1.54, 1.807) is 0 Å². The fourth-order valence-electron chi connectivity index (χ4n) is 2.87. The number of sulfonamides is 1. The molecule has 0 bridgehead atoms. The minimum absolute atomic E-state index is 0.0823. The van der Waals surface area contributed by atoms with E-state index in [4.69, 9.17) is 4.74 Å². The smallest absolute Gasteiger partial charge is 0.337 e. The minimum atomic E-state index is -4.28. The maximum absolute atomic E-state index is 13.1. The first-order valence-electron chi connectivity index (χ1n) is 8.54. The summed E-state index contributed by atoms with van der Waals surface area (Å²) in [5, 5.41) is 28.1. The van der Waals surface area contributed by atoms with Crippen LogP contribution in [0.15, 0.2) is 45.8 Å². The molecule has 0 fully saturated rings. The van der Waals surface area contributed by atoms with Crippen LogP contribution in [-0.4, -0.2) is 55.8 Å². The van der Waals surface area contributed by atoms with E-state index < -0.39 is 45.8 Å². The van der Waals surface area contributed by atoms with E-state index in [0.29, 0.717) is 10.1 Å². The van der Waals surface area contributed by atoms with E-state index in [9.17, 15) is 38.1 Å². The Morgan fingerprint density at radius 1 is 1.06 bits per heavy atom. The molecule has 0 aromatic heterocycles. The second-order valence-corrected chi connectivity index (χ2v) is 9.23. The van der Waals surface area contributed by atoms with E-state index in [2.05, 4.69) is 15.9 Å².